The van der Waals surface area contributed by atoms with Gasteiger partial charge in [0.1, 0.15) is 22.7 Å². The Labute approximate surface area is 197 Å². The summed E-state index contributed by atoms with van der Waals surface area (Å²) in [7, 11) is 1.49. The molecule has 6 nitrogen and oxygen atoms in total. The van der Waals surface area contributed by atoms with Crippen LogP contribution in [0.3, 0.4) is 0 Å². The topological polar surface area (TPSA) is 75.0 Å². The van der Waals surface area contributed by atoms with E-state index in [4.69, 9.17) is 18.6 Å². The molecule has 172 valence electrons. The highest BCUT2D eigenvalue weighted by Gasteiger charge is 2.22. The number of benzene rings is 3. The number of carbonyl (C=O) groups is 2. The van der Waals surface area contributed by atoms with Gasteiger partial charge in [0, 0.05) is 10.9 Å². The second-order valence-corrected chi connectivity index (χ2v) is 7.49. The lowest BCUT2D eigenvalue weighted by molar-refractivity contribution is 0.0729. The van der Waals surface area contributed by atoms with Crippen LogP contribution >= 0.6 is 0 Å². The molecule has 4 aromatic rings. The molecule has 0 aliphatic rings. The molecule has 0 spiro atoms. The summed E-state index contributed by atoms with van der Waals surface area (Å²) in [6.45, 7) is 4.12. The van der Waals surface area contributed by atoms with Gasteiger partial charge >= 0.3 is 5.97 Å². The molecular formula is C28H24O6. The Morgan fingerprint density at radius 3 is 2.50 bits per heavy atom. The number of furan rings is 1. The predicted molar refractivity (Wildman–Crippen MR) is 130 cm³/mol. The van der Waals surface area contributed by atoms with Crippen LogP contribution in [0.1, 0.15) is 39.0 Å². The smallest absolute Gasteiger partial charge is 0.347 e. The lowest BCUT2D eigenvalue weighted by atomic mass is 10.1. The van der Waals surface area contributed by atoms with Crippen molar-refractivity contribution >= 4 is 28.8 Å². The molecule has 3 aromatic carbocycles. The van der Waals surface area contributed by atoms with Crippen molar-refractivity contribution in [1.82, 2.24) is 0 Å². The molecular weight excluding hydrogens is 432 g/mol. The molecule has 0 saturated heterocycles. The lowest BCUT2D eigenvalue weighted by Gasteiger charge is -2.10. The SMILES string of the molecule is CCOc1ccc2oc(C)c(C(=O)Oc3ccc(C=CC(=O)c4ccccc4)cc3OC)c2c1. The normalized spacial score (nSPS) is 11.0. The number of ether oxygens (including phenoxy) is 3. The van der Waals surface area contributed by atoms with Crippen molar-refractivity contribution in [2.75, 3.05) is 13.7 Å². The molecule has 34 heavy (non-hydrogen) atoms. The van der Waals surface area contributed by atoms with Gasteiger partial charge in [0.25, 0.3) is 0 Å². The van der Waals surface area contributed by atoms with Crippen molar-refractivity contribution in [2.45, 2.75) is 13.8 Å². The third-order valence-corrected chi connectivity index (χ3v) is 5.23. The second-order valence-electron chi connectivity index (χ2n) is 7.49. The summed E-state index contributed by atoms with van der Waals surface area (Å²) in [5, 5.41) is 0.617. The number of aryl methyl sites for hydroxylation is 1. The maximum absolute atomic E-state index is 13.1. The van der Waals surface area contributed by atoms with E-state index < -0.39 is 5.97 Å². The standard InChI is InChI=1S/C28H24O6/c1-4-32-21-12-15-24-22(17-21)27(18(2)33-24)28(30)34-25-14-11-19(16-26(25)31-3)10-13-23(29)20-8-6-5-7-9-20/h5-17H,4H2,1-3H3. The lowest BCUT2D eigenvalue weighted by Crippen LogP contribution is -2.10. The molecule has 0 fully saturated rings. The maximum Gasteiger partial charge on any atom is 0.347 e. The van der Waals surface area contributed by atoms with Gasteiger partial charge < -0.3 is 18.6 Å². The molecule has 1 aromatic heterocycles. The molecule has 1 heterocycles. The van der Waals surface area contributed by atoms with Crippen LogP contribution in [0.5, 0.6) is 17.2 Å². The van der Waals surface area contributed by atoms with Crippen molar-refractivity contribution in [2.24, 2.45) is 0 Å². The zero-order chi connectivity index (χ0) is 24.1. The summed E-state index contributed by atoms with van der Waals surface area (Å²) >= 11 is 0. The Balaban J connectivity index is 1.57. The van der Waals surface area contributed by atoms with Crippen molar-refractivity contribution in [3.8, 4) is 17.2 Å². The van der Waals surface area contributed by atoms with Crippen molar-refractivity contribution in [1.29, 1.82) is 0 Å². The molecule has 0 radical (unpaired) electrons. The zero-order valence-corrected chi connectivity index (χ0v) is 19.2. The van der Waals surface area contributed by atoms with E-state index in [1.165, 1.54) is 13.2 Å². The van der Waals surface area contributed by atoms with E-state index in [0.29, 0.717) is 46.0 Å². The highest BCUT2D eigenvalue weighted by atomic mass is 16.6. The number of rotatable bonds is 8. The monoisotopic (exact) mass is 456 g/mol. The number of fused-ring (bicyclic) bond motifs is 1. The third kappa shape index (κ3) is 4.86. The van der Waals surface area contributed by atoms with Gasteiger partial charge in [-0.15, -0.1) is 0 Å². The van der Waals surface area contributed by atoms with Crippen LogP contribution < -0.4 is 14.2 Å². The number of hydrogen-bond donors (Lipinski definition) is 0. The Morgan fingerprint density at radius 2 is 1.76 bits per heavy atom. The maximum atomic E-state index is 13.1. The minimum absolute atomic E-state index is 0.108. The molecule has 0 atom stereocenters. The molecule has 0 N–H and O–H groups in total. The van der Waals surface area contributed by atoms with Crippen molar-refractivity contribution < 1.29 is 28.2 Å². The average molecular weight is 456 g/mol. The first kappa shape index (κ1) is 22.9. The third-order valence-electron chi connectivity index (χ3n) is 5.23. The molecule has 0 saturated carbocycles. The number of esters is 1. The quantitative estimate of drug-likeness (QED) is 0.135. The Hall–Kier alpha value is -4.32. The molecule has 6 heteroatoms. The fourth-order valence-electron chi connectivity index (χ4n) is 3.60. The Bertz CT molecular complexity index is 1360. The Kier molecular flexibility index (Phi) is 6.78. The second kappa shape index (κ2) is 10.1. The first-order chi connectivity index (χ1) is 16.5. The van der Waals surface area contributed by atoms with Gasteiger partial charge in [-0.05, 0) is 55.8 Å². The summed E-state index contributed by atoms with van der Waals surface area (Å²) in [6.07, 6.45) is 3.18. The molecule has 4 rings (SSSR count). The van der Waals surface area contributed by atoms with E-state index in [1.54, 1.807) is 61.5 Å². The molecule has 0 amide bonds. The van der Waals surface area contributed by atoms with Crippen molar-refractivity contribution in [3.63, 3.8) is 0 Å². The van der Waals surface area contributed by atoms with Crippen LogP contribution in [0, 0.1) is 6.92 Å². The van der Waals surface area contributed by atoms with Gasteiger partial charge in [-0.3, -0.25) is 4.79 Å². The van der Waals surface area contributed by atoms with Crippen LogP contribution in [0.25, 0.3) is 17.0 Å². The highest BCUT2D eigenvalue weighted by Crippen LogP contribution is 2.33. The minimum atomic E-state index is -0.564. The number of ketones is 1. The summed E-state index contributed by atoms with van der Waals surface area (Å²) in [6, 6.07) is 19.4. The van der Waals surface area contributed by atoms with E-state index in [-0.39, 0.29) is 11.5 Å². The minimum Gasteiger partial charge on any atom is -0.494 e. The number of methoxy groups -OCH3 is 1. The van der Waals surface area contributed by atoms with Crippen LogP contribution in [-0.4, -0.2) is 25.5 Å². The molecule has 0 aliphatic carbocycles. The van der Waals surface area contributed by atoms with Gasteiger partial charge in [0.2, 0.25) is 0 Å². The fraction of sp³-hybridized carbons (Fsp3) is 0.143. The summed E-state index contributed by atoms with van der Waals surface area (Å²) in [5.74, 6) is 1.04. The van der Waals surface area contributed by atoms with Gasteiger partial charge in [0.05, 0.1) is 13.7 Å². The average Bonchev–Trinajstić information content (AvgIpc) is 3.19. The summed E-state index contributed by atoms with van der Waals surface area (Å²) in [5.41, 5.74) is 2.23. The van der Waals surface area contributed by atoms with E-state index in [1.807, 2.05) is 25.1 Å². The van der Waals surface area contributed by atoms with Gasteiger partial charge in [-0.2, -0.15) is 0 Å². The summed E-state index contributed by atoms with van der Waals surface area (Å²) in [4.78, 5) is 25.4. The van der Waals surface area contributed by atoms with E-state index in [2.05, 4.69) is 0 Å². The van der Waals surface area contributed by atoms with Crippen LogP contribution in [0.2, 0.25) is 0 Å². The fourth-order valence-corrected chi connectivity index (χ4v) is 3.60. The van der Waals surface area contributed by atoms with Crippen molar-refractivity contribution in [3.05, 3.63) is 95.3 Å². The molecule has 0 aliphatic heterocycles. The van der Waals surface area contributed by atoms with Crippen LogP contribution in [-0.2, 0) is 0 Å². The van der Waals surface area contributed by atoms with E-state index in [9.17, 15) is 9.59 Å². The van der Waals surface area contributed by atoms with Gasteiger partial charge in [-0.1, -0.05) is 42.5 Å². The van der Waals surface area contributed by atoms with Crippen LogP contribution in [0.15, 0.2) is 77.2 Å². The first-order valence-electron chi connectivity index (χ1n) is 10.8. The Morgan fingerprint density at radius 1 is 0.971 bits per heavy atom. The van der Waals surface area contributed by atoms with Gasteiger partial charge in [-0.25, -0.2) is 4.79 Å². The highest BCUT2D eigenvalue weighted by molar-refractivity contribution is 6.07. The molecule has 0 bridgehead atoms. The number of allylic oxidation sites excluding steroid dienone is 1. The van der Waals surface area contributed by atoms with E-state index in [0.717, 1.165) is 5.56 Å². The van der Waals surface area contributed by atoms with Crippen LogP contribution in [0.4, 0.5) is 0 Å². The molecule has 0 unspecified atom stereocenters. The summed E-state index contributed by atoms with van der Waals surface area (Å²) < 4.78 is 22.4. The largest absolute Gasteiger partial charge is 0.494 e. The first-order valence-corrected chi connectivity index (χ1v) is 10.8. The van der Waals surface area contributed by atoms with E-state index >= 15 is 0 Å². The predicted octanol–water partition coefficient (Wildman–Crippen LogP) is 6.26. The zero-order valence-electron chi connectivity index (χ0n) is 19.2. The number of carbonyl (C=O) groups excluding carboxylic acids is 2. The number of hydrogen-bond acceptors (Lipinski definition) is 6. The van der Waals surface area contributed by atoms with Gasteiger partial charge in [0.15, 0.2) is 17.3 Å².